The topological polar surface area (TPSA) is 81.9 Å². The summed E-state index contributed by atoms with van der Waals surface area (Å²) in [4.78, 5) is 7.44. The van der Waals surface area contributed by atoms with Gasteiger partial charge < -0.3 is 0 Å². The Morgan fingerprint density at radius 3 is 2.90 bits per heavy atom. The van der Waals surface area contributed by atoms with Gasteiger partial charge in [0.1, 0.15) is 5.69 Å². The van der Waals surface area contributed by atoms with E-state index in [1.165, 1.54) is 18.6 Å². The molecule has 0 amide bonds. The number of rotatable bonds is 1. The van der Waals surface area contributed by atoms with Crippen LogP contribution in [-0.2, 0) is 0 Å². The molecule has 0 aliphatic heterocycles. The van der Waals surface area contributed by atoms with Crippen LogP contribution >= 0.6 is 0 Å². The summed E-state index contributed by atoms with van der Waals surface area (Å²) in [6.45, 7) is 0. The maximum atomic E-state index is 8.25. The molecule has 1 aromatic rings. The number of amidine groups is 1. The molecule has 1 rings (SSSR count). The van der Waals surface area contributed by atoms with Gasteiger partial charge in [-0.1, -0.05) is 0 Å². The largest absolute Gasteiger partial charge is 0.290 e. The molecule has 0 unspecified atom stereocenters. The number of hydrogen-bond donors (Lipinski definition) is 3. The Morgan fingerprint density at radius 2 is 2.40 bits per heavy atom. The predicted octanol–water partition coefficient (Wildman–Crippen LogP) is -0.219. The maximum absolute atomic E-state index is 8.25. The molecule has 0 bridgehead atoms. The standard InChI is InChI=1S/C5H6N4O/c6-5(9-10)4-3-7-1-2-8-4/h1-3,10H,(H2,6,9). The van der Waals surface area contributed by atoms with Crippen LogP contribution in [-0.4, -0.2) is 21.0 Å². The molecule has 5 heteroatoms. The third-order valence-corrected chi connectivity index (χ3v) is 0.931. The fraction of sp³-hybridized carbons (Fsp3) is 0. The molecule has 52 valence electrons. The summed E-state index contributed by atoms with van der Waals surface area (Å²) in [5.74, 6) is -0.159. The van der Waals surface area contributed by atoms with Crippen LogP contribution in [0.3, 0.4) is 0 Å². The third kappa shape index (κ3) is 1.26. The highest BCUT2D eigenvalue weighted by Gasteiger charge is 1.97. The fourth-order valence-corrected chi connectivity index (χ4v) is 0.485. The van der Waals surface area contributed by atoms with Crippen molar-refractivity contribution in [3.8, 4) is 0 Å². The summed E-state index contributed by atoms with van der Waals surface area (Å²) in [6.07, 6.45) is 4.32. The van der Waals surface area contributed by atoms with E-state index in [0.29, 0.717) is 5.69 Å². The van der Waals surface area contributed by atoms with Crippen LogP contribution in [0.5, 0.6) is 0 Å². The summed E-state index contributed by atoms with van der Waals surface area (Å²) in [6, 6.07) is 0. The van der Waals surface area contributed by atoms with Crippen molar-refractivity contribution < 1.29 is 5.21 Å². The van der Waals surface area contributed by atoms with Crippen LogP contribution in [0.2, 0.25) is 0 Å². The highest BCUT2D eigenvalue weighted by atomic mass is 16.5. The molecule has 0 saturated heterocycles. The molecule has 10 heavy (non-hydrogen) atoms. The van der Waals surface area contributed by atoms with Crippen LogP contribution in [0.15, 0.2) is 18.6 Å². The Labute approximate surface area is 57.2 Å². The van der Waals surface area contributed by atoms with E-state index in [4.69, 9.17) is 10.6 Å². The molecule has 0 fully saturated rings. The Bertz CT molecular complexity index is 222. The maximum Gasteiger partial charge on any atom is 0.169 e. The van der Waals surface area contributed by atoms with E-state index in [1.54, 1.807) is 5.48 Å². The van der Waals surface area contributed by atoms with E-state index in [9.17, 15) is 0 Å². The number of nitrogens with one attached hydrogen (secondary N) is 2. The smallest absolute Gasteiger partial charge is 0.169 e. The Hall–Kier alpha value is -1.49. The predicted molar refractivity (Wildman–Crippen MR) is 33.8 cm³/mol. The molecule has 5 nitrogen and oxygen atoms in total. The molecule has 3 N–H and O–H groups in total. The van der Waals surface area contributed by atoms with Crippen molar-refractivity contribution in [2.75, 3.05) is 0 Å². The van der Waals surface area contributed by atoms with E-state index >= 15 is 0 Å². The normalized spacial score (nSPS) is 8.90. The van der Waals surface area contributed by atoms with Gasteiger partial charge in [0.15, 0.2) is 5.84 Å². The summed E-state index contributed by atoms with van der Waals surface area (Å²) in [5, 5.41) is 15.3. The quantitative estimate of drug-likeness (QED) is 0.284. The van der Waals surface area contributed by atoms with Crippen molar-refractivity contribution in [2.24, 2.45) is 0 Å². The zero-order chi connectivity index (χ0) is 7.40. The molecule has 0 aliphatic carbocycles. The Morgan fingerprint density at radius 1 is 1.60 bits per heavy atom. The molecule has 0 saturated carbocycles. The lowest BCUT2D eigenvalue weighted by molar-refractivity contribution is 0.234. The Balaban J connectivity index is 2.85. The van der Waals surface area contributed by atoms with Gasteiger partial charge in [-0.3, -0.25) is 21.1 Å². The van der Waals surface area contributed by atoms with Crippen molar-refractivity contribution in [3.05, 3.63) is 24.3 Å². The van der Waals surface area contributed by atoms with Gasteiger partial charge in [0, 0.05) is 12.4 Å². The number of nitrogens with zero attached hydrogens (tertiary/aromatic N) is 2. The highest BCUT2D eigenvalue weighted by molar-refractivity contribution is 5.93. The number of hydroxylamine groups is 1. The first-order valence-electron chi connectivity index (χ1n) is 2.59. The second-order valence-corrected chi connectivity index (χ2v) is 1.58. The molecule has 1 heterocycles. The first kappa shape index (κ1) is 6.63. The minimum Gasteiger partial charge on any atom is -0.290 e. The van der Waals surface area contributed by atoms with Gasteiger partial charge in [-0.05, 0) is 0 Å². The summed E-state index contributed by atoms with van der Waals surface area (Å²) in [5.41, 5.74) is 1.97. The average molecular weight is 138 g/mol. The number of hydrogen-bond acceptors (Lipinski definition) is 4. The van der Waals surface area contributed by atoms with Gasteiger partial charge in [0.05, 0.1) is 6.20 Å². The minimum absolute atomic E-state index is 0.159. The monoisotopic (exact) mass is 138 g/mol. The molecular weight excluding hydrogens is 132 g/mol. The number of aromatic nitrogens is 2. The second kappa shape index (κ2) is 2.88. The van der Waals surface area contributed by atoms with Gasteiger partial charge in [-0.2, -0.15) is 0 Å². The van der Waals surface area contributed by atoms with Crippen LogP contribution in [0.1, 0.15) is 5.69 Å². The molecule has 0 spiro atoms. The van der Waals surface area contributed by atoms with Gasteiger partial charge >= 0.3 is 0 Å². The van der Waals surface area contributed by atoms with Crippen LogP contribution < -0.4 is 5.48 Å². The zero-order valence-electron chi connectivity index (χ0n) is 5.07. The second-order valence-electron chi connectivity index (χ2n) is 1.58. The lowest BCUT2D eigenvalue weighted by Crippen LogP contribution is -2.19. The van der Waals surface area contributed by atoms with Gasteiger partial charge in [0.2, 0.25) is 0 Å². The minimum atomic E-state index is -0.159. The first-order chi connectivity index (χ1) is 4.84. The molecule has 0 aromatic carbocycles. The van der Waals surface area contributed by atoms with Crippen LogP contribution in [0.25, 0.3) is 0 Å². The SMILES string of the molecule is N=C(NO)c1cnccn1. The van der Waals surface area contributed by atoms with Gasteiger partial charge in [-0.15, -0.1) is 0 Å². The van der Waals surface area contributed by atoms with Crippen molar-refractivity contribution in [1.29, 1.82) is 5.41 Å². The van der Waals surface area contributed by atoms with E-state index < -0.39 is 0 Å². The highest BCUT2D eigenvalue weighted by Crippen LogP contribution is 1.86. The molecule has 0 radical (unpaired) electrons. The van der Waals surface area contributed by atoms with Crippen LogP contribution in [0.4, 0.5) is 0 Å². The lowest BCUT2D eigenvalue weighted by atomic mass is 10.4. The van der Waals surface area contributed by atoms with E-state index in [-0.39, 0.29) is 5.84 Å². The van der Waals surface area contributed by atoms with Crippen molar-refractivity contribution in [1.82, 2.24) is 15.4 Å². The van der Waals surface area contributed by atoms with Gasteiger partial charge in [-0.25, -0.2) is 4.98 Å². The van der Waals surface area contributed by atoms with E-state index in [2.05, 4.69) is 9.97 Å². The van der Waals surface area contributed by atoms with Crippen LogP contribution in [0, 0.1) is 5.41 Å². The third-order valence-electron chi connectivity index (χ3n) is 0.931. The summed E-state index contributed by atoms with van der Waals surface area (Å²) >= 11 is 0. The zero-order valence-corrected chi connectivity index (χ0v) is 5.07. The van der Waals surface area contributed by atoms with Crippen molar-refractivity contribution in [2.45, 2.75) is 0 Å². The summed E-state index contributed by atoms with van der Waals surface area (Å²) in [7, 11) is 0. The molecule has 1 aromatic heterocycles. The van der Waals surface area contributed by atoms with Crippen molar-refractivity contribution in [3.63, 3.8) is 0 Å². The van der Waals surface area contributed by atoms with E-state index in [0.717, 1.165) is 0 Å². The first-order valence-corrected chi connectivity index (χ1v) is 2.59. The summed E-state index contributed by atoms with van der Waals surface area (Å²) < 4.78 is 0. The van der Waals surface area contributed by atoms with Crippen molar-refractivity contribution >= 4 is 5.84 Å². The lowest BCUT2D eigenvalue weighted by Gasteiger charge is -1.96. The Kier molecular flexibility index (Phi) is 1.91. The van der Waals surface area contributed by atoms with Gasteiger partial charge in [0.25, 0.3) is 0 Å². The molecule has 0 atom stereocenters. The average Bonchev–Trinajstić information content (AvgIpc) is 2.05. The van der Waals surface area contributed by atoms with E-state index in [1.807, 2.05) is 0 Å². The molecular formula is C5H6N4O. The fourth-order valence-electron chi connectivity index (χ4n) is 0.485. The molecule has 0 aliphatic rings.